The lowest BCUT2D eigenvalue weighted by atomic mass is 9.75. The van der Waals surface area contributed by atoms with E-state index in [0.717, 1.165) is 30.0 Å². The molecule has 4 rings (SSSR count). The maximum absolute atomic E-state index is 13.6. The minimum Gasteiger partial charge on any atom is -0.358 e. The summed E-state index contributed by atoms with van der Waals surface area (Å²) in [6.45, 7) is 1.43. The maximum atomic E-state index is 13.6. The van der Waals surface area contributed by atoms with Gasteiger partial charge in [-0.25, -0.2) is 0 Å². The number of pyridine rings is 1. The van der Waals surface area contributed by atoms with Gasteiger partial charge in [0.2, 0.25) is 11.8 Å². The minimum atomic E-state index is -0.765. The summed E-state index contributed by atoms with van der Waals surface area (Å²) in [5.74, 6) is -0.0903. The Hall–Kier alpha value is -3.51. The van der Waals surface area contributed by atoms with Crippen LogP contribution in [0.1, 0.15) is 18.5 Å². The van der Waals surface area contributed by atoms with E-state index in [4.69, 9.17) is 0 Å². The fourth-order valence-corrected chi connectivity index (χ4v) is 4.53. The minimum absolute atomic E-state index is 0.0314. The van der Waals surface area contributed by atoms with Crippen LogP contribution < -0.4 is 10.2 Å². The molecule has 2 heterocycles. The van der Waals surface area contributed by atoms with Gasteiger partial charge in [0, 0.05) is 31.2 Å². The number of benzene rings is 2. The number of nitrogens with zero attached hydrogens (tertiary/aromatic N) is 3. The average molecular weight is 429 g/mol. The third-order valence-electron chi connectivity index (χ3n) is 6.03. The molecular formula is C26H28N4O2. The first-order valence-electron chi connectivity index (χ1n) is 10.9. The first-order chi connectivity index (χ1) is 15.6. The lowest BCUT2D eigenvalue weighted by Gasteiger charge is -2.41. The lowest BCUT2D eigenvalue weighted by molar-refractivity contribution is -0.130. The van der Waals surface area contributed by atoms with Gasteiger partial charge in [-0.2, -0.15) is 0 Å². The number of carbonyl (C=O) groups excluding carboxylic acids is 2. The van der Waals surface area contributed by atoms with Gasteiger partial charge in [-0.3, -0.25) is 24.4 Å². The van der Waals surface area contributed by atoms with Gasteiger partial charge in [0.25, 0.3) is 0 Å². The van der Waals surface area contributed by atoms with Crippen molar-refractivity contribution in [2.24, 2.45) is 0 Å². The summed E-state index contributed by atoms with van der Waals surface area (Å²) in [5, 5.41) is 2.82. The zero-order chi connectivity index (χ0) is 22.4. The summed E-state index contributed by atoms with van der Waals surface area (Å²) in [7, 11) is 1.66. The monoisotopic (exact) mass is 428 g/mol. The fourth-order valence-electron chi connectivity index (χ4n) is 4.53. The number of anilines is 2. The number of para-hydroxylation sites is 2. The van der Waals surface area contributed by atoms with Crippen LogP contribution in [0.2, 0.25) is 0 Å². The van der Waals surface area contributed by atoms with Crippen molar-refractivity contribution >= 4 is 23.2 Å². The number of hydrogen-bond donors (Lipinski definition) is 1. The Balaban J connectivity index is 1.61. The molecule has 6 heteroatoms. The van der Waals surface area contributed by atoms with Crippen molar-refractivity contribution in [1.29, 1.82) is 0 Å². The van der Waals surface area contributed by atoms with Crippen LogP contribution in [0.15, 0.2) is 85.1 Å². The number of carbonyl (C=O) groups is 2. The Morgan fingerprint density at radius 3 is 2.16 bits per heavy atom. The van der Waals surface area contributed by atoms with Gasteiger partial charge in [0.05, 0.1) is 12.2 Å². The van der Waals surface area contributed by atoms with E-state index >= 15 is 0 Å². The van der Waals surface area contributed by atoms with Crippen molar-refractivity contribution < 1.29 is 9.59 Å². The first kappa shape index (κ1) is 21.7. The van der Waals surface area contributed by atoms with Crippen LogP contribution in [0.25, 0.3) is 0 Å². The molecule has 3 aromatic rings. The van der Waals surface area contributed by atoms with Crippen LogP contribution in [0.4, 0.5) is 11.4 Å². The first-order valence-corrected chi connectivity index (χ1v) is 10.9. The quantitative estimate of drug-likeness (QED) is 0.652. The summed E-state index contributed by atoms with van der Waals surface area (Å²) >= 11 is 0. The van der Waals surface area contributed by atoms with E-state index in [9.17, 15) is 9.59 Å². The highest BCUT2D eigenvalue weighted by atomic mass is 16.2. The van der Waals surface area contributed by atoms with E-state index in [1.165, 1.54) is 0 Å². The molecule has 2 aromatic carbocycles. The van der Waals surface area contributed by atoms with Crippen molar-refractivity contribution in [3.05, 3.63) is 90.8 Å². The van der Waals surface area contributed by atoms with Crippen molar-refractivity contribution in [3.8, 4) is 0 Å². The smallest absolute Gasteiger partial charge is 0.245 e. The number of nitrogens with one attached hydrogen (secondary N) is 1. The molecule has 164 valence electrons. The summed E-state index contributed by atoms with van der Waals surface area (Å²) in [5.41, 5.74) is 1.63. The molecule has 2 amide bonds. The molecule has 32 heavy (non-hydrogen) atoms. The molecular weight excluding hydrogens is 400 g/mol. The summed E-state index contributed by atoms with van der Waals surface area (Å²) in [6, 6.07) is 25.0. The topological polar surface area (TPSA) is 65.5 Å². The molecule has 1 saturated heterocycles. The van der Waals surface area contributed by atoms with Crippen molar-refractivity contribution in [2.45, 2.75) is 18.3 Å². The standard InChI is InChI=1S/C26H28N4O2/c1-27-25(32)26(23-15-8-9-17-28-23)16-10-18-29(20-26)19-24(31)30(21-11-4-2-5-12-21)22-13-6-3-7-14-22/h2-9,11-15,17H,10,16,18-20H2,1H3,(H,27,32)/t26-/m0/s1. The van der Waals surface area contributed by atoms with E-state index < -0.39 is 5.41 Å². The third-order valence-corrected chi connectivity index (χ3v) is 6.03. The van der Waals surface area contributed by atoms with Gasteiger partial charge in [-0.1, -0.05) is 42.5 Å². The molecule has 6 nitrogen and oxygen atoms in total. The van der Waals surface area contributed by atoms with Crippen LogP contribution in [0, 0.1) is 0 Å². The predicted octanol–water partition coefficient (Wildman–Crippen LogP) is 3.53. The highest BCUT2D eigenvalue weighted by molar-refractivity contribution is 6.01. The van der Waals surface area contributed by atoms with Gasteiger partial charge in [0.15, 0.2) is 0 Å². The van der Waals surface area contributed by atoms with Crippen LogP contribution >= 0.6 is 0 Å². The number of rotatable bonds is 6. The second-order valence-electron chi connectivity index (χ2n) is 8.09. The largest absolute Gasteiger partial charge is 0.358 e. The van der Waals surface area contributed by atoms with E-state index in [0.29, 0.717) is 13.0 Å². The Kier molecular flexibility index (Phi) is 6.61. The molecule has 1 aliphatic heterocycles. The SMILES string of the molecule is CNC(=O)[C@@]1(c2ccccn2)CCCN(CC(=O)N(c2ccccc2)c2ccccc2)C1. The van der Waals surface area contributed by atoms with Crippen LogP contribution in [-0.4, -0.2) is 48.4 Å². The number of piperidine rings is 1. The molecule has 0 unspecified atom stereocenters. The van der Waals surface area contributed by atoms with Crippen molar-refractivity contribution in [3.63, 3.8) is 0 Å². The predicted molar refractivity (Wildman–Crippen MR) is 126 cm³/mol. The zero-order valence-corrected chi connectivity index (χ0v) is 18.3. The molecule has 1 N–H and O–H groups in total. The molecule has 0 saturated carbocycles. The van der Waals surface area contributed by atoms with Gasteiger partial charge >= 0.3 is 0 Å². The Bertz CT molecular complexity index is 1000. The molecule has 1 fully saturated rings. The second kappa shape index (κ2) is 9.75. The molecule has 0 radical (unpaired) electrons. The molecule has 1 aromatic heterocycles. The fraction of sp³-hybridized carbons (Fsp3) is 0.269. The van der Waals surface area contributed by atoms with Gasteiger partial charge in [-0.15, -0.1) is 0 Å². The third kappa shape index (κ3) is 4.41. The number of aromatic nitrogens is 1. The Morgan fingerprint density at radius 1 is 0.969 bits per heavy atom. The van der Waals surface area contributed by atoms with E-state index in [2.05, 4.69) is 15.2 Å². The maximum Gasteiger partial charge on any atom is 0.245 e. The number of amides is 2. The molecule has 0 bridgehead atoms. The van der Waals surface area contributed by atoms with Gasteiger partial charge < -0.3 is 5.32 Å². The second-order valence-corrected chi connectivity index (χ2v) is 8.09. The summed E-state index contributed by atoms with van der Waals surface area (Å²) in [4.78, 5) is 34.9. The normalized spacial score (nSPS) is 18.7. The zero-order valence-electron chi connectivity index (χ0n) is 18.3. The number of likely N-dealkylation sites (N-methyl/N-ethyl adjacent to an activating group) is 1. The van der Waals surface area contributed by atoms with Crippen LogP contribution in [-0.2, 0) is 15.0 Å². The highest BCUT2D eigenvalue weighted by Gasteiger charge is 2.45. The highest BCUT2D eigenvalue weighted by Crippen LogP contribution is 2.34. The summed E-state index contributed by atoms with van der Waals surface area (Å²) < 4.78 is 0. The molecule has 1 aliphatic rings. The Labute approximate surface area is 188 Å². The number of hydrogen-bond acceptors (Lipinski definition) is 4. The Morgan fingerprint density at radius 2 is 1.59 bits per heavy atom. The molecule has 0 spiro atoms. The molecule has 1 atom stereocenters. The number of likely N-dealkylation sites (tertiary alicyclic amines) is 1. The van der Waals surface area contributed by atoms with E-state index in [1.807, 2.05) is 78.9 Å². The van der Waals surface area contributed by atoms with Gasteiger partial charge in [0.1, 0.15) is 5.41 Å². The lowest BCUT2D eigenvalue weighted by Crippen LogP contribution is -2.56. The van der Waals surface area contributed by atoms with Crippen molar-refractivity contribution in [2.75, 3.05) is 31.6 Å². The van der Waals surface area contributed by atoms with E-state index in [-0.39, 0.29) is 18.4 Å². The summed E-state index contributed by atoms with van der Waals surface area (Å²) in [6.07, 6.45) is 3.24. The van der Waals surface area contributed by atoms with Crippen LogP contribution in [0.5, 0.6) is 0 Å². The van der Waals surface area contributed by atoms with Crippen LogP contribution in [0.3, 0.4) is 0 Å². The average Bonchev–Trinajstić information content (AvgIpc) is 2.85. The molecule has 0 aliphatic carbocycles. The van der Waals surface area contributed by atoms with Gasteiger partial charge in [-0.05, 0) is 55.8 Å². The van der Waals surface area contributed by atoms with Crippen molar-refractivity contribution in [1.82, 2.24) is 15.2 Å². The van der Waals surface area contributed by atoms with E-state index in [1.54, 1.807) is 18.1 Å².